The van der Waals surface area contributed by atoms with Gasteiger partial charge in [-0.15, -0.1) is 0 Å². The van der Waals surface area contributed by atoms with Crippen LogP contribution in [0.1, 0.15) is 28.9 Å². The zero-order chi connectivity index (χ0) is 13.8. The van der Waals surface area contributed by atoms with Crippen LogP contribution in [0.25, 0.3) is 0 Å². The van der Waals surface area contributed by atoms with Crippen LogP contribution in [0.3, 0.4) is 0 Å². The van der Waals surface area contributed by atoms with Crippen LogP contribution in [0.15, 0.2) is 12.3 Å². The van der Waals surface area contributed by atoms with Gasteiger partial charge in [0.2, 0.25) is 0 Å². The second-order valence-electron chi connectivity index (χ2n) is 4.95. The van der Waals surface area contributed by atoms with E-state index >= 15 is 0 Å². The number of piperidine rings is 1. The fourth-order valence-electron chi connectivity index (χ4n) is 2.22. The summed E-state index contributed by atoms with van der Waals surface area (Å²) in [6.45, 7) is 3.94. The van der Waals surface area contributed by atoms with Gasteiger partial charge >= 0.3 is 5.97 Å². The largest absolute Gasteiger partial charge is 0.489 e. The normalized spacial score (nSPS) is 17.2. The van der Waals surface area contributed by atoms with E-state index in [0.29, 0.717) is 5.69 Å². The Morgan fingerprint density at radius 1 is 1.42 bits per heavy atom. The van der Waals surface area contributed by atoms with E-state index in [1.54, 1.807) is 6.20 Å². The molecule has 1 aromatic heterocycles. The summed E-state index contributed by atoms with van der Waals surface area (Å²) in [4.78, 5) is 17.9. The van der Waals surface area contributed by atoms with Gasteiger partial charge < -0.3 is 14.4 Å². The van der Waals surface area contributed by atoms with Crippen LogP contribution in [-0.2, 0) is 4.74 Å². The zero-order valence-electron chi connectivity index (χ0n) is 11.7. The van der Waals surface area contributed by atoms with Gasteiger partial charge in [-0.05, 0) is 38.4 Å². The summed E-state index contributed by atoms with van der Waals surface area (Å²) in [5, 5.41) is 0. The predicted octanol–water partition coefficient (Wildman–Crippen LogP) is 1.65. The maximum absolute atomic E-state index is 11.4. The van der Waals surface area contributed by atoms with Crippen molar-refractivity contribution in [3.05, 3.63) is 23.5 Å². The molecular formula is C14H20N2O3. The molecule has 0 atom stereocenters. The molecule has 5 nitrogen and oxygen atoms in total. The van der Waals surface area contributed by atoms with Crippen LogP contribution < -0.4 is 4.74 Å². The Bertz CT molecular complexity index is 454. The van der Waals surface area contributed by atoms with Crippen LogP contribution in [0.2, 0.25) is 0 Å². The van der Waals surface area contributed by atoms with E-state index in [0.717, 1.165) is 37.2 Å². The number of methoxy groups -OCH3 is 1. The lowest BCUT2D eigenvalue weighted by atomic mass is 10.1. The lowest BCUT2D eigenvalue weighted by Gasteiger charge is -2.29. The molecule has 0 aromatic carbocycles. The van der Waals surface area contributed by atoms with Crippen molar-refractivity contribution >= 4 is 5.97 Å². The summed E-state index contributed by atoms with van der Waals surface area (Å²) < 4.78 is 10.6. The second kappa shape index (κ2) is 6.02. The summed E-state index contributed by atoms with van der Waals surface area (Å²) in [7, 11) is 3.47. The molecule has 2 heterocycles. The lowest BCUT2D eigenvalue weighted by molar-refractivity contribution is 0.0593. The number of rotatable bonds is 3. The molecule has 0 aliphatic carbocycles. The number of esters is 1. The first kappa shape index (κ1) is 13.8. The van der Waals surface area contributed by atoms with Gasteiger partial charge in [0.1, 0.15) is 11.9 Å². The molecule has 2 rings (SSSR count). The van der Waals surface area contributed by atoms with Crippen molar-refractivity contribution in [2.45, 2.75) is 25.9 Å². The van der Waals surface area contributed by atoms with E-state index in [1.807, 2.05) is 13.0 Å². The summed E-state index contributed by atoms with van der Waals surface area (Å²) in [6, 6.07) is 1.84. The molecule has 1 aromatic rings. The van der Waals surface area contributed by atoms with Gasteiger partial charge in [-0.3, -0.25) is 0 Å². The lowest BCUT2D eigenvalue weighted by Crippen LogP contribution is -2.35. The fraction of sp³-hybridized carbons (Fsp3) is 0.571. The Balaban J connectivity index is 2.02. The average molecular weight is 264 g/mol. The van der Waals surface area contributed by atoms with Crippen LogP contribution in [0.5, 0.6) is 5.75 Å². The molecule has 5 heteroatoms. The maximum atomic E-state index is 11.4. The second-order valence-corrected chi connectivity index (χ2v) is 4.95. The third-order valence-corrected chi connectivity index (χ3v) is 3.40. The smallest absolute Gasteiger partial charge is 0.356 e. The van der Waals surface area contributed by atoms with Gasteiger partial charge in [-0.1, -0.05) is 0 Å². The number of aryl methyl sites for hydroxylation is 1. The van der Waals surface area contributed by atoms with Gasteiger partial charge in [-0.2, -0.15) is 0 Å². The molecule has 104 valence electrons. The molecule has 0 bridgehead atoms. The van der Waals surface area contributed by atoms with Gasteiger partial charge in [0.15, 0.2) is 5.69 Å². The van der Waals surface area contributed by atoms with Gasteiger partial charge in [0.25, 0.3) is 0 Å². The third-order valence-electron chi connectivity index (χ3n) is 3.40. The van der Waals surface area contributed by atoms with Crippen molar-refractivity contribution in [2.24, 2.45) is 0 Å². The molecule has 0 unspecified atom stereocenters. The van der Waals surface area contributed by atoms with Crippen LogP contribution in [0.4, 0.5) is 0 Å². The van der Waals surface area contributed by atoms with Gasteiger partial charge in [0, 0.05) is 13.1 Å². The topological polar surface area (TPSA) is 51.7 Å². The number of hydrogen-bond acceptors (Lipinski definition) is 5. The number of nitrogens with zero attached hydrogens (tertiary/aromatic N) is 2. The SMILES string of the molecule is COC(=O)c1ncc(OC2CCN(C)CC2)cc1C. The minimum Gasteiger partial charge on any atom is -0.489 e. The number of carbonyl (C=O) groups is 1. The number of ether oxygens (including phenoxy) is 2. The molecule has 0 N–H and O–H groups in total. The summed E-state index contributed by atoms with van der Waals surface area (Å²) >= 11 is 0. The minimum absolute atomic E-state index is 0.237. The number of likely N-dealkylation sites (tertiary alicyclic amines) is 1. The molecular weight excluding hydrogens is 244 g/mol. The molecule has 0 spiro atoms. The predicted molar refractivity (Wildman–Crippen MR) is 71.5 cm³/mol. The van der Waals surface area contributed by atoms with Gasteiger partial charge in [-0.25, -0.2) is 9.78 Å². The van der Waals surface area contributed by atoms with Crippen LogP contribution in [0, 0.1) is 6.92 Å². The first-order valence-corrected chi connectivity index (χ1v) is 6.50. The molecule has 0 amide bonds. The molecule has 1 aliphatic heterocycles. The Morgan fingerprint density at radius 2 is 2.11 bits per heavy atom. The Labute approximate surface area is 113 Å². The number of pyridine rings is 1. The van der Waals surface area contributed by atoms with Crippen LogP contribution in [-0.4, -0.2) is 49.2 Å². The van der Waals surface area contributed by atoms with Gasteiger partial charge in [0.05, 0.1) is 13.3 Å². The summed E-state index contributed by atoms with van der Waals surface area (Å²) in [5.41, 5.74) is 1.12. The number of carbonyl (C=O) groups excluding carboxylic acids is 1. The quantitative estimate of drug-likeness (QED) is 0.777. The zero-order valence-corrected chi connectivity index (χ0v) is 11.7. The fourth-order valence-corrected chi connectivity index (χ4v) is 2.22. The Morgan fingerprint density at radius 3 is 2.68 bits per heavy atom. The number of hydrogen-bond donors (Lipinski definition) is 0. The highest BCUT2D eigenvalue weighted by Gasteiger charge is 2.19. The van der Waals surface area contributed by atoms with E-state index < -0.39 is 5.97 Å². The summed E-state index contributed by atoms with van der Waals surface area (Å²) in [6.07, 6.45) is 3.88. The van der Waals surface area contributed by atoms with E-state index in [-0.39, 0.29) is 6.10 Å². The third kappa shape index (κ3) is 3.44. The molecule has 1 fully saturated rings. The van der Waals surface area contributed by atoms with E-state index in [4.69, 9.17) is 4.74 Å². The van der Waals surface area contributed by atoms with Crippen molar-refractivity contribution in [2.75, 3.05) is 27.2 Å². The average Bonchev–Trinajstić information content (AvgIpc) is 2.41. The van der Waals surface area contributed by atoms with E-state index in [2.05, 4.69) is 21.7 Å². The van der Waals surface area contributed by atoms with Crippen LogP contribution >= 0.6 is 0 Å². The highest BCUT2D eigenvalue weighted by Crippen LogP contribution is 2.20. The molecule has 1 saturated heterocycles. The highest BCUT2D eigenvalue weighted by molar-refractivity contribution is 5.88. The molecule has 0 saturated carbocycles. The Kier molecular flexibility index (Phi) is 4.37. The maximum Gasteiger partial charge on any atom is 0.356 e. The Hall–Kier alpha value is -1.62. The molecule has 0 radical (unpaired) electrons. The van der Waals surface area contributed by atoms with Crippen molar-refractivity contribution in [1.82, 2.24) is 9.88 Å². The highest BCUT2D eigenvalue weighted by atomic mass is 16.5. The van der Waals surface area contributed by atoms with Crippen molar-refractivity contribution in [3.63, 3.8) is 0 Å². The van der Waals surface area contributed by atoms with E-state index in [9.17, 15) is 4.79 Å². The first-order valence-electron chi connectivity index (χ1n) is 6.50. The van der Waals surface area contributed by atoms with Crippen molar-refractivity contribution in [1.29, 1.82) is 0 Å². The monoisotopic (exact) mass is 264 g/mol. The minimum atomic E-state index is -0.414. The van der Waals surface area contributed by atoms with E-state index in [1.165, 1.54) is 7.11 Å². The molecule has 1 aliphatic rings. The summed E-state index contributed by atoms with van der Waals surface area (Å²) in [5.74, 6) is 0.308. The van der Waals surface area contributed by atoms with Crippen molar-refractivity contribution < 1.29 is 14.3 Å². The first-order chi connectivity index (χ1) is 9.10. The standard InChI is InChI=1S/C14H20N2O3/c1-10-8-12(9-15-13(10)14(17)18-3)19-11-4-6-16(2)7-5-11/h8-9,11H,4-7H2,1-3H3. The molecule has 19 heavy (non-hydrogen) atoms. The number of aromatic nitrogens is 1. The van der Waals surface area contributed by atoms with Crippen molar-refractivity contribution in [3.8, 4) is 5.75 Å².